The number of benzene rings is 1. The van der Waals surface area contributed by atoms with E-state index < -0.39 is 0 Å². The molecule has 0 aliphatic rings. The van der Waals surface area contributed by atoms with Gasteiger partial charge in [-0.2, -0.15) is 0 Å². The first-order chi connectivity index (χ1) is 8.66. The molecule has 0 aliphatic carbocycles. The fourth-order valence-electron chi connectivity index (χ4n) is 1.49. The van der Waals surface area contributed by atoms with Crippen molar-refractivity contribution in [2.75, 3.05) is 0 Å². The number of phenols is 1. The van der Waals surface area contributed by atoms with E-state index in [9.17, 15) is 14.7 Å². The van der Waals surface area contributed by atoms with Crippen molar-refractivity contribution in [2.24, 2.45) is 0 Å². The highest BCUT2D eigenvalue weighted by molar-refractivity contribution is 5.93. The number of aromatic hydroxyl groups is 1. The van der Waals surface area contributed by atoms with Crippen LogP contribution in [0.1, 0.15) is 15.9 Å². The number of hydrogen-bond donors (Lipinski definition) is 3. The number of carbonyl (C=O) groups is 1. The summed E-state index contributed by atoms with van der Waals surface area (Å²) in [5, 5.41) is 12.2. The van der Waals surface area contributed by atoms with Gasteiger partial charge >= 0.3 is 0 Å². The normalized spacial score (nSPS) is 10.0. The molecule has 0 atom stereocenters. The number of hydrogen-bond acceptors (Lipinski definition) is 3. The highest BCUT2D eigenvalue weighted by Crippen LogP contribution is 2.14. The molecule has 2 rings (SSSR count). The minimum absolute atomic E-state index is 0.138. The van der Waals surface area contributed by atoms with Crippen molar-refractivity contribution < 1.29 is 9.90 Å². The Morgan fingerprint density at radius 1 is 1.22 bits per heavy atom. The maximum absolute atomic E-state index is 11.7. The third-order valence-corrected chi connectivity index (χ3v) is 2.48. The van der Waals surface area contributed by atoms with E-state index in [1.54, 1.807) is 24.3 Å². The van der Waals surface area contributed by atoms with Gasteiger partial charge in [-0.05, 0) is 12.1 Å². The third-order valence-electron chi connectivity index (χ3n) is 2.48. The summed E-state index contributed by atoms with van der Waals surface area (Å²) in [7, 11) is 0. The number of pyridine rings is 1. The van der Waals surface area contributed by atoms with E-state index in [1.807, 2.05) is 0 Å². The second-order valence-corrected chi connectivity index (χ2v) is 3.75. The molecule has 92 valence electrons. The highest BCUT2D eigenvalue weighted by Gasteiger charge is 2.06. The number of aromatic nitrogens is 1. The summed E-state index contributed by atoms with van der Waals surface area (Å²) in [5.74, 6) is -0.172. The average Bonchev–Trinajstić information content (AvgIpc) is 2.38. The maximum atomic E-state index is 11.7. The van der Waals surface area contributed by atoms with E-state index >= 15 is 0 Å². The number of para-hydroxylation sites is 1. The van der Waals surface area contributed by atoms with Crippen molar-refractivity contribution >= 4 is 5.91 Å². The van der Waals surface area contributed by atoms with Gasteiger partial charge in [0, 0.05) is 24.4 Å². The van der Waals surface area contributed by atoms with Crippen LogP contribution in [0.25, 0.3) is 0 Å². The molecule has 1 aromatic carbocycles. The standard InChI is InChI=1S/C13H12N2O3/c16-11-4-2-1-3-9(11)7-15-13(18)10-5-6-12(17)14-8-10/h1-6,8,16H,7H2,(H,14,17)(H,15,18). The van der Waals surface area contributed by atoms with E-state index in [0.29, 0.717) is 11.1 Å². The second-order valence-electron chi connectivity index (χ2n) is 3.75. The zero-order valence-corrected chi connectivity index (χ0v) is 9.51. The lowest BCUT2D eigenvalue weighted by atomic mass is 10.2. The molecule has 0 fully saturated rings. The molecule has 1 aromatic heterocycles. The van der Waals surface area contributed by atoms with Gasteiger partial charge in [-0.3, -0.25) is 9.59 Å². The third kappa shape index (κ3) is 2.76. The minimum Gasteiger partial charge on any atom is -0.508 e. The molecule has 3 N–H and O–H groups in total. The zero-order valence-electron chi connectivity index (χ0n) is 9.51. The van der Waals surface area contributed by atoms with Gasteiger partial charge in [0.15, 0.2) is 0 Å². The fraction of sp³-hybridized carbons (Fsp3) is 0.0769. The molecule has 1 heterocycles. The first-order valence-electron chi connectivity index (χ1n) is 5.40. The zero-order chi connectivity index (χ0) is 13.0. The van der Waals surface area contributed by atoms with Crippen LogP contribution in [0.15, 0.2) is 47.4 Å². The van der Waals surface area contributed by atoms with Crippen molar-refractivity contribution in [1.29, 1.82) is 0 Å². The Labute approximate surface area is 103 Å². The minimum atomic E-state index is -0.311. The van der Waals surface area contributed by atoms with Crippen molar-refractivity contribution in [1.82, 2.24) is 10.3 Å². The maximum Gasteiger partial charge on any atom is 0.253 e. The number of H-pyrrole nitrogens is 1. The van der Waals surface area contributed by atoms with E-state index in [1.165, 1.54) is 18.3 Å². The lowest BCUT2D eigenvalue weighted by Crippen LogP contribution is -2.23. The molecule has 1 amide bonds. The average molecular weight is 244 g/mol. The number of aromatic amines is 1. The molecule has 5 nitrogen and oxygen atoms in total. The molecule has 0 saturated carbocycles. The number of amides is 1. The SMILES string of the molecule is O=C(NCc1ccccc1O)c1ccc(=O)[nH]c1. The van der Waals surface area contributed by atoms with E-state index in [-0.39, 0.29) is 23.8 Å². The largest absolute Gasteiger partial charge is 0.508 e. The highest BCUT2D eigenvalue weighted by atomic mass is 16.3. The van der Waals surface area contributed by atoms with Crippen LogP contribution in [0.2, 0.25) is 0 Å². The molecular formula is C13H12N2O3. The monoisotopic (exact) mass is 244 g/mol. The number of nitrogens with one attached hydrogen (secondary N) is 2. The number of rotatable bonds is 3. The van der Waals surface area contributed by atoms with Crippen LogP contribution in [0.5, 0.6) is 5.75 Å². The van der Waals surface area contributed by atoms with Gasteiger partial charge in [-0.15, -0.1) is 0 Å². The summed E-state index contributed by atoms with van der Waals surface area (Å²) in [4.78, 5) is 25.0. The van der Waals surface area contributed by atoms with Gasteiger partial charge in [-0.1, -0.05) is 18.2 Å². The fourth-order valence-corrected chi connectivity index (χ4v) is 1.49. The van der Waals surface area contributed by atoms with Crippen molar-refractivity contribution in [2.45, 2.75) is 6.54 Å². The molecule has 0 spiro atoms. The van der Waals surface area contributed by atoms with Crippen LogP contribution in [0.4, 0.5) is 0 Å². The summed E-state index contributed by atoms with van der Waals surface area (Å²) in [5.41, 5.74) is 0.743. The van der Waals surface area contributed by atoms with Gasteiger partial charge in [0.05, 0.1) is 5.56 Å². The van der Waals surface area contributed by atoms with E-state index in [0.717, 1.165) is 0 Å². The molecule has 0 saturated heterocycles. The molecule has 18 heavy (non-hydrogen) atoms. The summed E-state index contributed by atoms with van der Waals surface area (Å²) in [6.45, 7) is 0.227. The lowest BCUT2D eigenvalue weighted by Gasteiger charge is -2.06. The van der Waals surface area contributed by atoms with E-state index in [4.69, 9.17) is 0 Å². The van der Waals surface area contributed by atoms with Gasteiger partial charge in [-0.25, -0.2) is 0 Å². The van der Waals surface area contributed by atoms with Gasteiger partial charge < -0.3 is 15.4 Å². The summed E-state index contributed by atoms with van der Waals surface area (Å²) in [6, 6.07) is 9.50. The van der Waals surface area contributed by atoms with Crippen molar-refractivity contribution in [3.8, 4) is 5.75 Å². The molecule has 0 aliphatic heterocycles. The van der Waals surface area contributed by atoms with Crippen LogP contribution >= 0.6 is 0 Å². The second kappa shape index (κ2) is 5.18. The van der Waals surface area contributed by atoms with E-state index in [2.05, 4.69) is 10.3 Å². The Hall–Kier alpha value is -2.56. The van der Waals surface area contributed by atoms with Crippen LogP contribution in [-0.4, -0.2) is 16.0 Å². The lowest BCUT2D eigenvalue weighted by molar-refractivity contribution is 0.0950. The van der Waals surface area contributed by atoms with Crippen LogP contribution in [-0.2, 0) is 6.54 Å². The Morgan fingerprint density at radius 2 is 2.00 bits per heavy atom. The van der Waals surface area contributed by atoms with Crippen molar-refractivity contribution in [3.05, 3.63) is 64.1 Å². The Bertz CT molecular complexity index is 599. The van der Waals surface area contributed by atoms with Crippen LogP contribution in [0, 0.1) is 0 Å². The summed E-state index contributed by atoms with van der Waals surface area (Å²) >= 11 is 0. The van der Waals surface area contributed by atoms with Crippen LogP contribution in [0.3, 0.4) is 0 Å². The topological polar surface area (TPSA) is 82.2 Å². The van der Waals surface area contributed by atoms with Gasteiger partial charge in [0.1, 0.15) is 5.75 Å². The van der Waals surface area contributed by atoms with Gasteiger partial charge in [0.25, 0.3) is 5.91 Å². The summed E-state index contributed by atoms with van der Waals surface area (Å²) < 4.78 is 0. The molecule has 5 heteroatoms. The Kier molecular flexibility index (Phi) is 3.43. The van der Waals surface area contributed by atoms with Crippen LogP contribution < -0.4 is 10.9 Å². The number of phenolic OH excluding ortho intramolecular Hbond substituents is 1. The first-order valence-corrected chi connectivity index (χ1v) is 5.40. The quantitative estimate of drug-likeness (QED) is 0.753. The molecule has 0 bridgehead atoms. The molecule has 0 radical (unpaired) electrons. The Morgan fingerprint density at radius 3 is 2.67 bits per heavy atom. The smallest absolute Gasteiger partial charge is 0.253 e. The van der Waals surface area contributed by atoms with Gasteiger partial charge in [0.2, 0.25) is 5.56 Å². The molecular weight excluding hydrogens is 232 g/mol. The molecule has 0 unspecified atom stereocenters. The molecule has 2 aromatic rings. The predicted molar refractivity (Wildman–Crippen MR) is 66.3 cm³/mol. The number of carbonyl (C=O) groups excluding carboxylic acids is 1. The predicted octanol–water partition coefficient (Wildman–Crippen LogP) is 1.01. The van der Waals surface area contributed by atoms with Crippen molar-refractivity contribution in [3.63, 3.8) is 0 Å². The summed E-state index contributed by atoms with van der Waals surface area (Å²) in [6.07, 6.45) is 1.35. The Balaban J connectivity index is 2.03. The first kappa shape index (κ1) is 11.9.